The van der Waals surface area contributed by atoms with E-state index >= 15 is 0 Å². The fraction of sp³-hybridized carbons (Fsp3) is 0.250. The van der Waals surface area contributed by atoms with Crippen molar-refractivity contribution in [2.75, 3.05) is 14.2 Å². The van der Waals surface area contributed by atoms with Crippen LogP contribution in [-0.4, -0.2) is 26.2 Å². The molecular formula is C16H18Cl2N2O4. The molecule has 0 spiro atoms. The van der Waals surface area contributed by atoms with Crippen molar-refractivity contribution < 1.29 is 19.0 Å². The van der Waals surface area contributed by atoms with Crippen LogP contribution in [0.5, 0.6) is 0 Å². The Morgan fingerprint density at radius 1 is 1.25 bits per heavy atom. The smallest absolute Gasteiger partial charge is 0.357 e. The van der Waals surface area contributed by atoms with Crippen LogP contribution in [0.3, 0.4) is 0 Å². The maximum atomic E-state index is 11.8. The molecule has 0 amide bonds. The van der Waals surface area contributed by atoms with Gasteiger partial charge in [-0.05, 0) is 24.6 Å². The normalized spacial score (nSPS) is 12.3. The Hall–Kier alpha value is -2.18. The van der Waals surface area contributed by atoms with E-state index in [9.17, 15) is 4.79 Å². The van der Waals surface area contributed by atoms with Crippen molar-refractivity contribution in [2.24, 2.45) is 10.7 Å². The van der Waals surface area contributed by atoms with Gasteiger partial charge in [-0.25, -0.2) is 4.79 Å². The number of benzene rings is 1. The van der Waals surface area contributed by atoms with Crippen molar-refractivity contribution >= 4 is 35.2 Å². The van der Waals surface area contributed by atoms with E-state index in [-0.39, 0.29) is 24.1 Å². The van der Waals surface area contributed by atoms with Crippen molar-refractivity contribution in [2.45, 2.75) is 13.5 Å². The first-order chi connectivity index (χ1) is 11.3. The van der Waals surface area contributed by atoms with Crippen LogP contribution < -0.4 is 5.73 Å². The van der Waals surface area contributed by atoms with Crippen molar-refractivity contribution in [3.05, 3.63) is 57.4 Å². The molecule has 0 atom stereocenters. The van der Waals surface area contributed by atoms with Crippen LogP contribution in [0, 0.1) is 0 Å². The minimum absolute atomic E-state index is 0.0593. The molecule has 0 fully saturated rings. The molecule has 0 radical (unpaired) electrons. The first kappa shape index (κ1) is 19.9. The Labute approximate surface area is 150 Å². The van der Waals surface area contributed by atoms with Gasteiger partial charge in [0.05, 0.1) is 24.3 Å². The predicted octanol–water partition coefficient (Wildman–Crippen LogP) is 3.43. The Balaban J connectivity index is 2.96. The quantitative estimate of drug-likeness (QED) is 0.206. The number of allylic oxidation sites excluding steroid dienone is 1. The molecule has 1 aromatic carbocycles. The predicted molar refractivity (Wildman–Crippen MR) is 93.7 cm³/mol. The van der Waals surface area contributed by atoms with Crippen molar-refractivity contribution in [3.63, 3.8) is 0 Å². The van der Waals surface area contributed by atoms with Crippen LogP contribution in [0.15, 0.2) is 46.8 Å². The van der Waals surface area contributed by atoms with E-state index in [0.29, 0.717) is 15.6 Å². The lowest BCUT2D eigenvalue weighted by Crippen LogP contribution is -2.17. The molecule has 24 heavy (non-hydrogen) atoms. The Morgan fingerprint density at radius 3 is 2.46 bits per heavy atom. The largest absolute Gasteiger partial charge is 0.489 e. The highest BCUT2D eigenvalue weighted by molar-refractivity contribution is 6.42. The lowest BCUT2D eigenvalue weighted by Gasteiger charge is -2.12. The number of hydrogen-bond donors (Lipinski definition) is 1. The summed E-state index contributed by atoms with van der Waals surface area (Å²) < 4.78 is 15.0. The molecule has 0 bridgehead atoms. The molecule has 0 aliphatic rings. The van der Waals surface area contributed by atoms with E-state index in [1.165, 1.54) is 14.2 Å². The first-order valence-electron chi connectivity index (χ1n) is 6.73. The SMILES string of the molecule is C=C(OCc1ccc(Cl)c(Cl)c1)/C(C)=C(\N=C(/N)OC)C(=O)OC. The summed E-state index contributed by atoms with van der Waals surface area (Å²) in [6.07, 6.45) is 0. The second-order valence-electron chi connectivity index (χ2n) is 4.58. The lowest BCUT2D eigenvalue weighted by atomic mass is 10.2. The minimum atomic E-state index is -0.688. The van der Waals surface area contributed by atoms with Crippen LogP contribution >= 0.6 is 23.2 Å². The number of aliphatic imine (C=N–C) groups is 1. The molecule has 0 heterocycles. The molecule has 1 rings (SSSR count). The van der Waals surface area contributed by atoms with E-state index in [1.54, 1.807) is 25.1 Å². The van der Waals surface area contributed by atoms with Crippen LogP contribution in [0.25, 0.3) is 0 Å². The summed E-state index contributed by atoms with van der Waals surface area (Å²) >= 11 is 11.8. The van der Waals surface area contributed by atoms with Gasteiger partial charge in [0.15, 0.2) is 5.70 Å². The zero-order valence-corrected chi connectivity index (χ0v) is 15.1. The molecule has 0 aliphatic heterocycles. The number of amidine groups is 1. The standard InChI is InChI=1S/C16H18Cl2N2O4/c1-9(14(15(21)22-3)20-16(19)23-4)10(2)24-8-11-5-6-12(17)13(18)7-11/h5-7H,2,8H2,1,3-4H3,(H2,19,20)/b14-9-. The molecule has 0 saturated carbocycles. The third kappa shape index (κ3) is 5.47. The second-order valence-corrected chi connectivity index (χ2v) is 5.39. The van der Waals surface area contributed by atoms with E-state index < -0.39 is 5.97 Å². The minimum Gasteiger partial charge on any atom is -0.489 e. The van der Waals surface area contributed by atoms with Gasteiger partial charge in [-0.3, -0.25) is 0 Å². The summed E-state index contributed by atoms with van der Waals surface area (Å²) in [7, 11) is 2.56. The summed E-state index contributed by atoms with van der Waals surface area (Å²) in [6, 6.07) is 4.92. The maximum Gasteiger partial charge on any atom is 0.357 e. The second kappa shape index (κ2) is 9.20. The van der Waals surface area contributed by atoms with Gasteiger partial charge in [0, 0.05) is 5.57 Å². The highest BCUT2D eigenvalue weighted by Gasteiger charge is 2.17. The molecule has 0 aliphatic carbocycles. The van der Waals surface area contributed by atoms with Gasteiger partial charge in [-0.1, -0.05) is 35.8 Å². The molecule has 2 N–H and O–H groups in total. The Bertz CT molecular complexity index is 699. The van der Waals surface area contributed by atoms with Crippen molar-refractivity contribution in [1.82, 2.24) is 0 Å². The van der Waals surface area contributed by atoms with Crippen molar-refractivity contribution in [3.8, 4) is 0 Å². The topological polar surface area (TPSA) is 83.1 Å². The number of methoxy groups -OCH3 is 2. The van der Waals surface area contributed by atoms with Crippen molar-refractivity contribution in [1.29, 1.82) is 0 Å². The van der Waals surface area contributed by atoms with Gasteiger partial charge < -0.3 is 19.9 Å². The Kier molecular flexibility index (Phi) is 7.61. The molecule has 0 aromatic heterocycles. The molecule has 0 saturated heterocycles. The number of halogens is 2. The number of rotatable bonds is 6. The van der Waals surface area contributed by atoms with Gasteiger partial charge in [-0.2, -0.15) is 4.99 Å². The summed E-state index contributed by atoms with van der Waals surface area (Å²) in [5.74, 6) is -0.457. The molecule has 0 unspecified atom stereocenters. The van der Waals surface area contributed by atoms with Crippen LogP contribution in [-0.2, 0) is 25.6 Å². The lowest BCUT2D eigenvalue weighted by molar-refractivity contribution is -0.136. The summed E-state index contributed by atoms with van der Waals surface area (Å²) in [5.41, 5.74) is 6.58. The summed E-state index contributed by atoms with van der Waals surface area (Å²) in [4.78, 5) is 15.7. The monoisotopic (exact) mass is 372 g/mol. The molecule has 130 valence electrons. The average Bonchev–Trinajstić information content (AvgIpc) is 2.58. The first-order valence-corrected chi connectivity index (χ1v) is 7.49. The van der Waals surface area contributed by atoms with E-state index in [0.717, 1.165) is 5.56 Å². The van der Waals surface area contributed by atoms with E-state index in [2.05, 4.69) is 16.3 Å². The molecule has 8 heteroatoms. The number of carbonyl (C=O) groups excluding carboxylic acids is 1. The van der Waals surface area contributed by atoms with Gasteiger partial charge in [-0.15, -0.1) is 0 Å². The Morgan fingerprint density at radius 2 is 1.92 bits per heavy atom. The van der Waals surface area contributed by atoms with Crippen LogP contribution in [0.4, 0.5) is 0 Å². The highest BCUT2D eigenvalue weighted by atomic mass is 35.5. The zero-order valence-electron chi connectivity index (χ0n) is 13.6. The molecular weight excluding hydrogens is 355 g/mol. The van der Waals surface area contributed by atoms with Gasteiger partial charge in [0.1, 0.15) is 12.4 Å². The highest BCUT2D eigenvalue weighted by Crippen LogP contribution is 2.24. The summed E-state index contributed by atoms with van der Waals surface area (Å²) in [5, 5.41) is 0.871. The zero-order chi connectivity index (χ0) is 18.3. The molecule has 6 nitrogen and oxygen atoms in total. The number of nitrogens with two attached hydrogens (primary N) is 1. The third-order valence-corrected chi connectivity index (χ3v) is 3.72. The fourth-order valence-corrected chi connectivity index (χ4v) is 1.90. The summed E-state index contributed by atoms with van der Waals surface area (Å²) in [6.45, 7) is 5.58. The van der Waals surface area contributed by atoms with Gasteiger partial charge in [0.2, 0.25) is 0 Å². The van der Waals surface area contributed by atoms with E-state index in [4.69, 9.17) is 38.4 Å². The third-order valence-electron chi connectivity index (χ3n) is 2.98. The van der Waals surface area contributed by atoms with E-state index in [1.807, 2.05) is 0 Å². The number of nitrogens with zero attached hydrogens (tertiary/aromatic N) is 1. The fourth-order valence-electron chi connectivity index (χ4n) is 1.58. The van der Waals surface area contributed by atoms with Crippen LogP contribution in [0.2, 0.25) is 10.0 Å². The number of carbonyl (C=O) groups is 1. The van der Waals surface area contributed by atoms with Crippen LogP contribution in [0.1, 0.15) is 12.5 Å². The molecule has 1 aromatic rings. The average molecular weight is 373 g/mol. The van der Waals surface area contributed by atoms with Gasteiger partial charge in [0.25, 0.3) is 6.02 Å². The van der Waals surface area contributed by atoms with Gasteiger partial charge >= 0.3 is 5.97 Å². The number of esters is 1. The number of hydrogen-bond acceptors (Lipinski definition) is 5. The number of ether oxygens (including phenoxy) is 3. The maximum absolute atomic E-state index is 11.8.